The van der Waals surface area contributed by atoms with Crippen molar-refractivity contribution in [2.24, 2.45) is 4.99 Å². The van der Waals surface area contributed by atoms with Crippen LogP contribution in [0.15, 0.2) is 83.9 Å². The Bertz CT molecular complexity index is 1180. The highest BCUT2D eigenvalue weighted by Crippen LogP contribution is 2.33. The molecule has 0 bridgehead atoms. The van der Waals surface area contributed by atoms with Gasteiger partial charge in [0.05, 0.1) is 6.61 Å². The van der Waals surface area contributed by atoms with Crippen molar-refractivity contribution in [3.63, 3.8) is 0 Å². The predicted molar refractivity (Wildman–Crippen MR) is 137 cm³/mol. The van der Waals surface area contributed by atoms with Crippen molar-refractivity contribution < 1.29 is 23.8 Å². The van der Waals surface area contributed by atoms with Crippen LogP contribution in [0.4, 0.5) is 4.39 Å². The number of aliphatic hydroxyl groups is 1. The van der Waals surface area contributed by atoms with E-state index in [1.54, 1.807) is 18.2 Å². The lowest BCUT2D eigenvalue weighted by molar-refractivity contribution is -0.128. The summed E-state index contributed by atoms with van der Waals surface area (Å²) in [6.07, 6.45) is 0.792. The van der Waals surface area contributed by atoms with Crippen LogP contribution in [0.25, 0.3) is 0 Å². The molecule has 4 rings (SSSR count). The molecular formula is C29H31FN2O4. The molecule has 0 spiro atoms. The standard InChI is InChI=1S/C29H31FN2O4/c1-21-29(20-22-8-3-2-4-9-22,28(34)31-17-16-23-10-5-6-11-26(23)30)32-27(36-21)24-12-14-25(15-13-24)35-19-7-18-33/h2-6,8-15,21,33H,7,16-20H2,1H3,(H,31,34)/t21-,29-/m1/s1. The van der Waals surface area contributed by atoms with Gasteiger partial charge in [-0.05, 0) is 54.8 Å². The number of carbonyl (C=O) groups excluding carboxylic acids is 1. The maximum atomic E-state index is 14.0. The largest absolute Gasteiger partial charge is 0.494 e. The van der Waals surface area contributed by atoms with Gasteiger partial charge in [-0.3, -0.25) is 4.79 Å². The molecule has 36 heavy (non-hydrogen) atoms. The van der Waals surface area contributed by atoms with Gasteiger partial charge < -0.3 is 19.9 Å². The molecule has 0 aliphatic carbocycles. The molecule has 188 valence electrons. The second-order valence-corrected chi connectivity index (χ2v) is 8.81. The van der Waals surface area contributed by atoms with Crippen LogP contribution in [0, 0.1) is 5.82 Å². The molecule has 6 nitrogen and oxygen atoms in total. The molecule has 0 aromatic heterocycles. The summed E-state index contributed by atoms with van der Waals surface area (Å²) in [5.41, 5.74) is 1.10. The fourth-order valence-electron chi connectivity index (χ4n) is 4.22. The van der Waals surface area contributed by atoms with Crippen molar-refractivity contribution in [3.05, 3.63) is 101 Å². The molecule has 0 saturated carbocycles. The molecule has 3 aromatic rings. The molecule has 1 aliphatic rings. The third-order valence-corrected chi connectivity index (χ3v) is 6.28. The van der Waals surface area contributed by atoms with Gasteiger partial charge in [-0.2, -0.15) is 0 Å². The van der Waals surface area contributed by atoms with E-state index in [2.05, 4.69) is 5.32 Å². The minimum Gasteiger partial charge on any atom is -0.494 e. The zero-order valence-corrected chi connectivity index (χ0v) is 20.3. The Morgan fingerprint density at radius 3 is 2.53 bits per heavy atom. The number of rotatable bonds is 11. The number of hydrogen-bond acceptors (Lipinski definition) is 5. The molecule has 0 fully saturated rings. The number of nitrogens with zero attached hydrogens (tertiary/aromatic N) is 1. The average Bonchev–Trinajstić information content (AvgIpc) is 3.23. The lowest BCUT2D eigenvalue weighted by Crippen LogP contribution is -2.52. The van der Waals surface area contributed by atoms with Crippen molar-refractivity contribution in [1.29, 1.82) is 0 Å². The summed E-state index contributed by atoms with van der Waals surface area (Å²) < 4.78 is 25.8. The van der Waals surface area contributed by atoms with Crippen molar-refractivity contribution in [1.82, 2.24) is 5.32 Å². The first kappa shape index (κ1) is 25.4. The smallest absolute Gasteiger partial charge is 0.252 e. The van der Waals surface area contributed by atoms with Crippen LogP contribution in [-0.4, -0.2) is 48.3 Å². The molecule has 1 aliphatic heterocycles. The summed E-state index contributed by atoms with van der Waals surface area (Å²) in [6.45, 7) is 2.64. The molecule has 2 atom stereocenters. The maximum absolute atomic E-state index is 14.0. The summed E-state index contributed by atoms with van der Waals surface area (Å²) in [6, 6.07) is 23.6. The summed E-state index contributed by atoms with van der Waals surface area (Å²) in [5.74, 6) is 0.534. The number of ether oxygens (including phenoxy) is 2. The van der Waals surface area contributed by atoms with E-state index < -0.39 is 11.6 Å². The molecule has 7 heteroatoms. The van der Waals surface area contributed by atoms with E-state index in [9.17, 15) is 9.18 Å². The average molecular weight is 491 g/mol. The van der Waals surface area contributed by atoms with Crippen molar-refractivity contribution in [3.8, 4) is 5.75 Å². The normalized spacial score (nSPS) is 18.9. The first-order valence-corrected chi connectivity index (χ1v) is 12.2. The molecule has 2 N–H and O–H groups in total. The lowest BCUT2D eigenvalue weighted by Gasteiger charge is -2.28. The quantitative estimate of drug-likeness (QED) is 0.397. The number of carbonyl (C=O) groups is 1. The summed E-state index contributed by atoms with van der Waals surface area (Å²) >= 11 is 0. The van der Waals surface area contributed by atoms with E-state index >= 15 is 0 Å². The second kappa shape index (κ2) is 11.8. The minimum absolute atomic E-state index is 0.0759. The molecule has 3 aromatic carbocycles. The monoisotopic (exact) mass is 490 g/mol. The van der Waals surface area contributed by atoms with Crippen LogP contribution in [0.1, 0.15) is 30.0 Å². The molecule has 1 amide bonds. The molecule has 0 unspecified atom stereocenters. The Morgan fingerprint density at radius 1 is 1.08 bits per heavy atom. The van der Waals surface area contributed by atoms with Gasteiger partial charge in [-0.15, -0.1) is 0 Å². The van der Waals surface area contributed by atoms with Gasteiger partial charge in [-0.1, -0.05) is 48.5 Å². The Hall–Kier alpha value is -3.71. The molecule has 0 radical (unpaired) electrons. The minimum atomic E-state index is -1.16. The summed E-state index contributed by atoms with van der Waals surface area (Å²) in [7, 11) is 0. The van der Waals surface area contributed by atoms with E-state index in [-0.39, 0.29) is 24.9 Å². The number of nitrogens with one attached hydrogen (secondary N) is 1. The fourth-order valence-corrected chi connectivity index (χ4v) is 4.22. The van der Waals surface area contributed by atoms with Gasteiger partial charge in [0.15, 0.2) is 5.54 Å². The number of aliphatic imine (C=N–C) groups is 1. The van der Waals surface area contributed by atoms with Crippen LogP contribution in [-0.2, 0) is 22.4 Å². The maximum Gasteiger partial charge on any atom is 0.252 e. The first-order valence-electron chi connectivity index (χ1n) is 12.2. The highest BCUT2D eigenvalue weighted by molar-refractivity contribution is 6.00. The first-order chi connectivity index (χ1) is 17.5. The summed E-state index contributed by atoms with van der Waals surface area (Å²) in [4.78, 5) is 18.5. The van der Waals surface area contributed by atoms with Crippen LogP contribution < -0.4 is 10.1 Å². The van der Waals surface area contributed by atoms with Crippen LogP contribution in [0.5, 0.6) is 5.75 Å². The fraction of sp³-hybridized carbons (Fsp3) is 0.310. The number of halogens is 1. The number of benzene rings is 3. The van der Waals surface area contributed by atoms with E-state index in [0.717, 1.165) is 11.1 Å². The highest BCUT2D eigenvalue weighted by atomic mass is 19.1. The highest BCUT2D eigenvalue weighted by Gasteiger charge is 2.50. The van der Waals surface area contributed by atoms with Crippen LogP contribution in [0.3, 0.4) is 0 Å². The second-order valence-electron chi connectivity index (χ2n) is 8.81. The van der Waals surface area contributed by atoms with Gasteiger partial charge >= 0.3 is 0 Å². The Balaban J connectivity index is 1.55. The SMILES string of the molecule is C[C@H]1OC(c2ccc(OCCCO)cc2)=N[C@@]1(Cc1ccccc1)C(=O)NCCc1ccccc1F. The van der Waals surface area contributed by atoms with Crippen molar-refractivity contribution in [2.45, 2.75) is 37.8 Å². The van der Waals surface area contributed by atoms with Crippen LogP contribution in [0.2, 0.25) is 0 Å². The third-order valence-electron chi connectivity index (χ3n) is 6.28. The van der Waals surface area contributed by atoms with Crippen molar-refractivity contribution >= 4 is 11.8 Å². The van der Waals surface area contributed by atoms with E-state index in [1.165, 1.54) is 6.07 Å². The zero-order valence-electron chi connectivity index (χ0n) is 20.3. The Kier molecular flexibility index (Phi) is 8.33. The number of amides is 1. The van der Waals surface area contributed by atoms with E-state index in [0.29, 0.717) is 43.1 Å². The van der Waals surface area contributed by atoms with Gasteiger partial charge in [-0.25, -0.2) is 9.38 Å². The van der Waals surface area contributed by atoms with Gasteiger partial charge in [0, 0.05) is 31.6 Å². The molecular weight excluding hydrogens is 459 g/mol. The number of hydrogen-bond donors (Lipinski definition) is 2. The van der Waals surface area contributed by atoms with E-state index in [4.69, 9.17) is 19.6 Å². The lowest BCUT2D eigenvalue weighted by atomic mass is 9.86. The van der Waals surface area contributed by atoms with E-state index in [1.807, 2.05) is 61.5 Å². The topological polar surface area (TPSA) is 80.2 Å². The van der Waals surface area contributed by atoms with Gasteiger partial charge in [0.1, 0.15) is 17.7 Å². The Morgan fingerprint density at radius 2 is 1.81 bits per heavy atom. The molecule has 0 saturated heterocycles. The zero-order chi connectivity index (χ0) is 25.4. The third kappa shape index (κ3) is 5.91. The van der Waals surface area contributed by atoms with Crippen molar-refractivity contribution in [2.75, 3.05) is 19.8 Å². The van der Waals surface area contributed by atoms with Crippen LogP contribution >= 0.6 is 0 Å². The molecule has 1 heterocycles. The van der Waals surface area contributed by atoms with Gasteiger partial charge in [0.25, 0.3) is 5.91 Å². The summed E-state index contributed by atoms with van der Waals surface area (Å²) in [5, 5.41) is 11.9. The Labute approximate surface area is 210 Å². The predicted octanol–water partition coefficient (Wildman–Crippen LogP) is 4.09. The number of aliphatic hydroxyl groups excluding tert-OH is 1. The van der Waals surface area contributed by atoms with Gasteiger partial charge in [0.2, 0.25) is 5.90 Å².